The molecule has 1 fully saturated rings. The molecule has 1 atom stereocenters. The van der Waals surface area contributed by atoms with Crippen molar-refractivity contribution in [1.82, 2.24) is 10.3 Å². The van der Waals surface area contributed by atoms with Gasteiger partial charge in [0, 0.05) is 12.1 Å². The lowest BCUT2D eigenvalue weighted by Crippen LogP contribution is -2.49. The summed E-state index contributed by atoms with van der Waals surface area (Å²) in [6, 6.07) is 6.59. The molecule has 3 N–H and O–H groups in total. The van der Waals surface area contributed by atoms with E-state index in [1.807, 2.05) is 20.8 Å². The average molecular weight is 351 g/mol. The fraction of sp³-hybridized carbons (Fsp3) is 0.529. The molecule has 138 valence electrons. The third-order valence-corrected chi connectivity index (χ3v) is 3.47. The second-order valence-corrected chi connectivity index (χ2v) is 6.73. The molecule has 1 aliphatic rings. The number of hydrogen-bond acceptors (Lipinski definition) is 6. The van der Waals surface area contributed by atoms with Gasteiger partial charge in [-0.2, -0.15) is 0 Å². The predicted octanol–water partition coefficient (Wildman–Crippen LogP) is 1.30. The van der Waals surface area contributed by atoms with E-state index in [4.69, 9.17) is 20.1 Å². The van der Waals surface area contributed by atoms with Crippen LogP contribution in [0.15, 0.2) is 24.3 Å². The van der Waals surface area contributed by atoms with Gasteiger partial charge in [-0.3, -0.25) is 10.2 Å². The van der Waals surface area contributed by atoms with Crippen molar-refractivity contribution in [3.63, 3.8) is 0 Å². The number of nitrogens with one attached hydrogen (secondary N) is 1. The van der Waals surface area contributed by atoms with E-state index in [1.54, 1.807) is 29.2 Å². The third-order valence-electron chi connectivity index (χ3n) is 3.47. The maximum atomic E-state index is 12.1. The maximum absolute atomic E-state index is 12.1. The second-order valence-electron chi connectivity index (χ2n) is 6.73. The Balaban J connectivity index is 1.84. The zero-order valence-electron chi connectivity index (χ0n) is 14.8. The lowest BCUT2D eigenvalue weighted by Gasteiger charge is -2.34. The first-order chi connectivity index (χ1) is 11.8. The highest BCUT2D eigenvalue weighted by Gasteiger charge is 2.28. The van der Waals surface area contributed by atoms with E-state index in [2.05, 4.69) is 5.43 Å². The molecule has 8 nitrogen and oxygen atoms in total. The molecule has 0 saturated carbocycles. The topological polar surface area (TPSA) is 103 Å². The summed E-state index contributed by atoms with van der Waals surface area (Å²) in [6.07, 6.45) is -0.591. The summed E-state index contributed by atoms with van der Waals surface area (Å²) in [4.78, 5) is 25.1. The summed E-state index contributed by atoms with van der Waals surface area (Å²) in [5, 5.41) is 0. The van der Waals surface area contributed by atoms with Crippen LogP contribution in [0.25, 0.3) is 0 Å². The van der Waals surface area contributed by atoms with Gasteiger partial charge in [-0.1, -0.05) is 0 Å². The zero-order chi connectivity index (χ0) is 18.4. The van der Waals surface area contributed by atoms with Gasteiger partial charge in [0.1, 0.15) is 24.1 Å². The number of hydrogen-bond donors (Lipinski definition) is 2. The van der Waals surface area contributed by atoms with Crippen molar-refractivity contribution in [3.8, 4) is 5.75 Å². The monoisotopic (exact) mass is 351 g/mol. The van der Waals surface area contributed by atoms with Crippen LogP contribution in [-0.2, 0) is 9.47 Å². The van der Waals surface area contributed by atoms with Gasteiger partial charge in [-0.05, 0) is 45.0 Å². The molecule has 2 amide bonds. The van der Waals surface area contributed by atoms with Crippen LogP contribution in [0.2, 0.25) is 0 Å². The van der Waals surface area contributed by atoms with E-state index in [9.17, 15) is 9.59 Å². The lowest BCUT2D eigenvalue weighted by atomic mass is 10.2. The Morgan fingerprint density at radius 3 is 2.60 bits per heavy atom. The average Bonchev–Trinajstić information content (AvgIpc) is 2.58. The summed E-state index contributed by atoms with van der Waals surface area (Å²) in [5.41, 5.74) is 1.98. The van der Waals surface area contributed by atoms with Crippen LogP contribution in [0.5, 0.6) is 5.75 Å². The Labute approximate surface area is 147 Å². The van der Waals surface area contributed by atoms with Crippen molar-refractivity contribution in [1.29, 1.82) is 0 Å². The standard InChI is InChI=1S/C17H25N3O5/c1-17(2,3)25-16(22)20-8-9-23-14(10-20)11-24-13-6-4-12(5-7-13)15(21)19-18/h4-7,14H,8-11,18H2,1-3H3,(H,19,21)/t14-/m1/s1. The number of nitrogens with two attached hydrogens (primary N) is 1. The molecule has 25 heavy (non-hydrogen) atoms. The minimum absolute atomic E-state index is 0.242. The number of ether oxygens (including phenoxy) is 3. The van der Waals surface area contributed by atoms with E-state index < -0.39 is 5.60 Å². The maximum Gasteiger partial charge on any atom is 0.410 e. The minimum Gasteiger partial charge on any atom is -0.491 e. The number of nitrogen functional groups attached to an aromatic ring is 1. The van der Waals surface area contributed by atoms with Crippen LogP contribution in [0.1, 0.15) is 31.1 Å². The molecule has 0 unspecified atom stereocenters. The van der Waals surface area contributed by atoms with Crippen LogP contribution in [0, 0.1) is 0 Å². The van der Waals surface area contributed by atoms with E-state index in [0.717, 1.165) is 0 Å². The summed E-state index contributed by atoms with van der Waals surface area (Å²) in [7, 11) is 0. The zero-order valence-corrected chi connectivity index (χ0v) is 14.8. The molecule has 1 heterocycles. The Morgan fingerprint density at radius 1 is 1.32 bits per heavy atom. The molecule has 8 heteroatoms. The van der Waals surface area contributed by atoms with Gasteiger partial charge in [0.15, 0.2) is 0 Å². The molecule has 1 aromatic rings. The highest BCUT2D eigenvalue weighted by atomic mass is 16.6. The molecule has 1 aromatic carbocycles. The van der Waals surface area contributed by atoms with Crippen LogP contribution in [0.4, 0.5) is 4.79 Å². The summed E-state index contributed by atoms with van der Waals surface area (Å²) < 4.78 is 16.7. The number of rotatable bonds is 4. The molecule has 0 aliphatic carbocycles. The highest BCUT2D eigenvalue weighted by molar-refractivity contribution is 5.93. The van der Waals surface area contributed by atoms with Crippen LogP contribution in [0.3, 0.4) is 0 Å². The van der Waals surface area contributed by atoms with E-state index in [0.29, 0.717) is 37.6 Å². The number of carbonyl (C=O) groups excluding carboxylic acids is 2. The lowest BCUT2D eigenvalue weighted by molar-refractivity contribution is -0.0557. The van der Waals surface area contributed by atoms with Crippen LogP contribution in [-0.4, -0.2) is 54.9 Å². The second kappa shape index (κ2) is 8.17. The van der Waals surface area contributed by atoms with Crippen molar-refractivity contribution >= 4 is 12.0 Å². The van der Waals surface area contributed by atoms with Crippen molar-refractivity contribution in [2.45, 2.75) is 32.5 Å². The molecular formula is C17H25N3O5. The number of carbonyl (C=O) groups is 2. The summed E-state index contributed by atoms with van der Waals surface area (Å²) >= 11 is 0. The fourth-order valence-corrected chi connectivity index (χ4v) is 2.29. The first-order valence-electron chi connectivity index (χ1n) is 8.12. The van der Waals surface area contributed by atoms with Gasteiger partial charge in [-0.15, -0.1) is 0 Å². The SMILES string of the molecule is CC(C)(C)OC(=O)N1CCO[C@@H](COc2ccc(C(=O)NN)cc2)C1. The van der Waals surface area contributed by atoms with E-state index >= 15 is 0 Å². The first-order valence-corrected chi connectivity index (χ1v) is 8.12. The molecule has 2 rings (SSSR count). The van der Waals surface area contributed by atoms with E-state index in [1.165, 1.54) is 0 Å². The van der Waals surface area contributed by atoms with E-state index in [-0.39, 0.29) is 18.1 Å². The molecule has 1 aliphatic heterocycles. The van der Waals surface area contributed by atoms with Crippen molar-refractivity contribution < 1.29 is 23.8 Å². The molecule has 0 aromatic heterocycles. The number of morpholine rings is 1. The summed E-state index contributed by atoms with van der Waals surface area (Å²) in [6.45, 7) is 7.13. The van der Waals surface area contributed by atoms with Crippen molar-refractivity contribution in [3.05, 3.63) is 29.8 Å². The van der Waals surface area contributed by atoms with Crippen LogP contribution >= 0.6 is 0 Å². The van der Waals surface area contributed by atoms with Gasteiger partial charge >= 0.3 is 6.09 Å². The molecule has 0 radical (unpaired) electrons. The van der Waals surface area contributed by atoms with Crippen molar-refractivity contribution in [2.24, 2.45) is 5.84 Å². The first kappa shape index (κ1) is 19.0. The predicted molar refractivity (Wildman–Crippen MR) is 91.1 cm³/mol. The number of benzene rings is 1. The molecular weight excluding hydrogens is 326 g/mol. The number of amides is 2. The quantitative estimate of drug-likeness (QED) is 0.481. The fourth-order valence-electron chi connectivity index (χ4n) is 2.29. The third kappa shape index (κ3) is 5.91. The van der Waals surface area contributed by atoms with Gasteiger partial charge in [-0.25, -0.2) is 10.6 Å². The highest BCUT2D eigenvalue weighted by Crippen LogP contribution is 2.16. The smallest absolute Gasteiger partial charge is 0.410 e. The largest absolute Gasteiger partial charge is 0.491 e. The van der Waals surface area contributed by atoms with Crippen molar-refractivity contribution in [2.75, 3.05) is 26.3 Å². The van der Waals surface area contributed by atoms with Crippen LogP contribution < -0.4 is 16.0 Å². The Hall–Kier alpha value is -2.32. The molecule has 0 bridgehead atoms. The minimum atomic E-state index is -0.529. The number of hydrazine groups is 1. The molecule has 0 spiro atoms. The Kier molecular flexibility index (Phi) is 6.22. The van der Waals surface area contributed by atoms with Gasteiger partial charge in [0.05, 0.1) is 13.2 Å². The Morgan fingerprint density at radius 2 is 2.00 bits per heavy atom. The Bertz CT molecular complexity index is 597. The van der Waals surface area contributed by atoms with Gasteiger partial charge in [0.25, 0.3) is 5.91 Å². The normalized spacial score (nSPS) is 17.8. The molecule has 1 saturated heterocycles. The van der Waals surface area contributed by atoms with Gasteiger partial charge in [0.2, 0.25) is 0 Å². The van der Waals surface area contributed by atoms with Gasteiger partial charge < -0.3 is 19.1 Å². The summed E-state index contributed by atoms with van der Waals surface area (Å²) in [5.74, 6) is 5.32. The number of nitrogens with zero attached hydrogens (tertiary/aromatic N) is 1.